The summed E-state index contributed by atoms with van der Waals surface area (Å²) in [7, 11) is 0. The molecule has 9 heteroatoms. The van der Waals surface area contributed by atoms with Crippen molar-refractivity contribution >= 4 is 5.91 Å². The smallest absolute Gasteiger partial charge is 0.220 e. The minimum atomic E-state index is -1.55. The van der Waals surface area contributed by atoms with Crippen LogP contribution in [0.5, 0.6) is 0 Å². The van der Waals surface area contributed by atoms with Gasteiger partial charge in [-0.1, -0.05) is 153 Å². The van der Waals surface area contributed by atoms with Crippen molar-refractivity contribution in [2.75, 3.05) is 13.2 Å². The van der Waals surface area contributed by atoms with Gasteiger partial charge in [0.2, 0.25) is 5.91 Å². The number of amides is 1. The number of ether oxygens (including phenoxy) is 2. The van der Waals surface area contributed by atoms with Gasteiger partial charge in [-0.15, -0.1) is 0 Å². The Bertz CT molecular complexity index is 919. The number of rotatable bonds is 30. The lowest BCUT2D eigenvalue weighted by molar-refractivity contribution is -0.302. The quantitative estimate of drug-likeness (QED) is 0.0501. The van der Waals surface area contributed by atoms with Crippen LogP contribution in [-0.2, 0) is 20.7 Å². The topological polar surface area (TPSA) is 149 Å². The molecular weight excluding hydrogens is 622 g/mol. The highest BCUT2D eigenvalue weighted by atomic mass is 16.7. The van der Waals surface area contributed by atoms with Crippen LogP contribution in [0.1, 0.15) is 154 Å². The third-order valence-electron chi connectivity index (χ3n) is 9.91. The highest BCUT2D eigenvalue weighted by Crippen LogP contribution is 2.23. The molecule has 0 aromatic heterocycles. The van der Waals surface area contributed by atoms with Gasteiger partial charge < -0.3 is 40.3 Å². The summed E-state index contributed by atoms with van der Waals surface area (Å²) in [5.41, 5.74) is 1.39. The van der Waals surface area contributed by atoms with E-state index in [2.05, 4.69) is 36.5 Å². The molecule has 6 N–H and O–H groups in total. The summed E-state index contributed by atoms with van der Waals surface area (Å²) < 4.78 is 11.2. The lowest BCUT2D eigenvalue weighted by Gasteiger charge is -2.40. The minimum absolute atomic E-state index is 0.142. The first-order chi connectivity index (χ1) is 23.9. The molecule has 9 nitrogen and oxygen atoms in total. The van der Waals surface area contributed by atoms with E-state index in [1.807, 2.05) is 6.07 Å². The Labute approximate surface area is 297 Å². The molecule has 1 saturated heterocycles. The number of nitrogens with one attached hydrogen (secondary N) is 1. The van der Waals surface area contributed by atoms with Crippen molar-refractivity contribution in [3.8, 4) is 0 Å². The third-order valence-corrected chi connectivity index (χ3v) is 9.91. The molecule has 1 aliphatic heterocycles. The number of hydrogen-bond donors (Lipinski definition) is 6. The summed E-state index contributed by atoms with van der Waals surface area (Å²) in [5.74, 6) is -0.158. The van der Waals surface area contributed by atoms with Gasteiger partial charge in [-0.25, -0.2) is 0 Å². The average Bonchev–Trinajstić information content (AvgIpc) is 3.11. The van der Waals surface area contributed by atoms with Gasteiger partial charge in [0.1, 0.15) is 24.4 Å². The summed E-state index contributed by atoms with van der Waals surface area (Å²) in [6.07, 6.45) is 17.8. The predicted molar refractivity (Wildman–Crippen MR) is 195 cm³/mol. The second kappa shape index (κ2) is 28.1. The van der Waals surface area contributed by atoms with Crippen LogP contribution in [0.15, 0.2) is 30.3 Å². The molecule has 1 amide bonds. The van der Waals surface area contributed by atoms with Crippen LogP contribution >= 0.6 is 0 Å². The predicted octanol–water partition coefficient (Wildman–Crippen LogP) is 6.49. The van der Waals surface area contributed by atoms with E-state index >= 15 is 0 Å². The average molecular weight is 694 g/mol. The van der Waals surface area contributed by atoms with E-state index in [-0.39, 0.29) is 12.5 Å². The molecule has 1 aromatic rings. The largest absolute Gasteiger partial charge is 0.394 e. The highest BCUT2D eigenvalue weighted by Gasteiger charge is 2.44. The first-order valence-corrected chi connectivity index (χ1v) is 19.8. The van der Waals surface area contributed by atoms with Gasteiger partial charge >= 0.3 is 0 Å². The third kappa shape index (κ3) is 19.6. The van der Waals surface area contributed by atoms with Gasteiger partial charge in [-0.05, 0) is 31.2 Å². The fraction of sp³-hybridized carbons (Fsp3) is 0.825. The monoisotopic (exact) mass is 694 g/mol. The van der Waals surface area contributed by atoms with Crippen LogP contribution in [-0.4, -0.2) is 87.5 Å². The van der Waals surface area contributed by atoms with Crippen molar-refractivity contribution in [3.63, 3.8) is 0 Å². The van der Waals surface area contributed by atoms with Crippen LogP contribution in [0.3, 0.4) is 0 Å². The number of aryl methyl sites for hydroxylation is 1. The number of aliphatic hydroxyl groups excluding tert-OH is 5. The molecule has 0 saturated carbocycles. The highest BCUT2D eigenvalue weighted by molar-refractivity contribution is 5.76. The summed E-state index contributed by atoms with van der Waals surface area (Å²) in [5, 5.41) is 54.1. The van der Waals surface area contributed by atoms with Crippen molar-refractivity contribution in [1.29, 1.82) is 0 Å². The van der Waals surface area contributed by atoms with Gasteiger partial charge in [0.05, 0.1) is 25.4 Å². The SMILES string of the molecule is CCCCCCCCCCCCCCC[C@@H](O)[C@H](CO[C@H]1OC(CO)[C@H](O)C(O)C1O)NC(=O)CCCCCCCCCc1ccccc1. The summed E-state index contributed by atoms with van der Waals surface area (Å²) in [4.78, 5) is 12.9. The molecule has 1 aromatic carbocycles. The van der Waals surface area contributed by atoms with E-state index in [0.29, 0.717) is 12.8 Å². The molecule has 1 heterocycles. The molecule has 3 unspecified atom stereocenters. The molecule has 7 atom stereocenters. The minimum Gasteiger partial charge on any atom is -0.394 e. The lowest BCUT2D eigenvalue weighted by atomic mass is 9.99. The van der Waals surface area contributed by atoms with Crippen LogP contribution in [0, 0.1) is 0 Å². The van der Waals surface area contributed by atoms with Crippen molar-refractivity contribution < 1.29 is 39.8 Å². The maximum atomic E-state index is 12.9. The van der Waals surface area contributed by atoms with Gasteiger partial charge in [0, 0.05) is 6.42 Å². The number of unbranched alkanes of at least 4 members (excludes halogenated alkanes) is 18. The Balaban J connectivity index is 1.68. The molecule has 2 rings (SSSR count). The van der Waals surface area contributed by atoms with Crippen molar-refractivity contribution in [2.45, 2.75) is 197 Å². The maximum Gasteiger partial charge on any atom is 0.220 e. The molecule has 0 bridgehead atoms. The Hall–Kier alpha value is -1.59. The van der Waals surface area contributed by atoms with Crippen molar-refractivity contribution in [3.05, 3.63) is 35.9 Å². The Morgan fingerprint density at radius 1 is 0.735 bits per heavy atom. The number of carbonyl (C=O) groups is 1. The first-order valence-electron chi connectivity index (χ1n) is 19.8. The molecule has 284 valence electrons. The van der Waals surface area contributed by atoms with E-state index in [1.54, 1.807) is 0 Å². The van der Waals surface area contributed by atoms with E-state index in [0.717, 1.165) is 51.4 Å². The second-order valence-electron chi connectivity index (χ2n) is 14.3. The Kier molecular flexibility index (Phi) is 24.9. The summed E-state index contributed by atoms with van der Waals surface area (Å²) in [6, 6.07) is 9.85. The Morgan fingerprint density at radius 2 is 1.27 bits per heavy atom. The zero-order valence-electron chi connectivity index (χ0n) is 30.6. The van der Waals surface area contributed by atoms with Crippen LogP contribution in [0.25, 0.3) is 0 Å². The molecular formula is C40H71NO8. The normalized spacial score (nSPS) is 22.2. The molecule has 1 aliphatic rings. The standard InChI is InChI=1S/C40H71NO8/c1-2-3-4-5-6-7-8-9-10-11-14-17-23-28-34(43)33(31-48-40-39(47)38(46)37(45)35(30-42)49-40)41-36(44)29-24-18-15-12-13-16-20-25-32-26-21-19-22-27-32/h19,21-22,26-27,33-35,37-40,42-43,45-47H,2-18,20,23-25,28-31H2,1H3,(H,41,44)/t33-,34+,35?,37-,38?,39?,40-/m0/s1. The van der Waals surface area contributed by atoms with Crippen LogP contribution in [0.2, 0.25) is 0 Å². The van der Waals surface area contributed by atoms with Crippen molar-refractivity contribution in [2.24, 2.45) is 0 Å². The molecule has 0 aliphatic carbocycles. The van der Waals surface area contributed by atoms with Gasteiger partial charge in [-0.3, -0.25) is 4.79 Å². The van der Waals surface area contributed by atoms with E-state index in [4.69, 9.17) is 9.47 Å². The maximum absolute atomic E-state index is 12.9. The molecule has 0 spiro atoms. The van der Waals surface area contributed by atoms with Gasteiger partial charge in [0.25, 0.3) is 0 Å². The van der Waals surface area contributed by atoms with E-state index in [9.17, 15) is 30.3 Å². The fourth-order valence-electron chi connectivity index (χ4n) is 6.65. The second-order valence-corrected chi connectivity index (χ2v) is 14.3. The summed E-state index contributed by atoms with van der Waals surface area (Å²) in [6.45, 7) is 1.55. The molecule has 49 heavy (non-hydrogen) atoms. The number of aliphatic hydroxyl groups is 5. The van der Waals surface area contributed by atoms with Crippen LogP contribution in [0.4, 0.5) is 0 Å². The van der Waals surface area contributed by atoms with Crippen molar-refractivity contribution in [1.82, 2.24) is 5.32 Å². The zero-order valence-corrected chi connectivity index (χ0v) is 30.6. The van der Waals surface area contributed by atoms with E-state index < -0.39 is 49.5 Å². The molecule has 0 radical (unpaired) electrons. The first kappa shape index (κ1) is 43.6. The number of carbonyl (C=O) groups excluding carboxylic acids is 1. The number of hydrogen-bond acceptors (Lipinski definition) is 8. The summed E-state index contributed by atoms with van der Waals surface area (Å²) >= 11 is 0. The van der Waals surface area contributed by atoms with Crippen LogP contribution < -0.4 is 5.32 Å². The van der Waals surface area contributed by atoms with Gasteiger partial charge in [-0.2, -0.15) is 0 Å². The lowest BCUT2D eigenvalue weighted by Crippen LogP contribution is -2.60. The van der Waals surface area contributed by atoms with E-state index in [1.165, 1.54) is 89.0 Å². The fourth-order valence-corrected chi connectivity index (χ4v) is 6.65. The Morgan fingerprint density at radius 3 is 1.84 bits per heavy atom. The zero-order chi connectivity index (χ0) is 35.5. The molecule has 1 fully saturated rings. The van der Waals surface area contributed by atoms with Gasteiger partial charge in [0.15, 0.2) is 6.29 Å². The number of benzene rings is 1.